The van der Waals surface area contributed by atoms with Crippen LogP contribution in [-0.2, 0) is 0 Å². The maximum atomic E-state index is 11.6. The molecule has 0 atom stereocenters. The first-order valence-electron chi connectivity index (χ1n) is 2.66. The van der Waals surface area contributed by atoms with Gasteiger partial charge in [0.05, 0.1) is 5.69 Å². The molecule has 4 heteroatoms. The minimum absolute atomic E-state index is 0.206. The Hall–Kier alpha value is -1.19. The monoisotopic (exact) mass is 143 g/mol. The Morgan fingerprint density at radius 2 is 2.40 bits per heavy atom. The van der Waals surface area contributed by atoms with Crippen LogP contribution in [-0.4, -0.2) is 11.5 Å². The highest BCUT2D eigenvalue weighted by molar-refractivity contribution is 5.38. The summed E-state index contributed by atoms with van der Waals surface area (Å²) in [6, 6.07) is 3.03. The molecule has 1 radical (unpaired) electrons. The second kappa shape index (κ2) is 3.10. The van der Waals surface area contributed by atoms with Crippen LogP contribution in [0.2, 0.25) is 0 Å². The number of hydrogen-bond acceptors (Lipinski definition) is 2. The third-order valence-corrected chi connectivity index (χ3v) is 0.873. The number of rotatable bonds is 2. The van der Waals surface area contributed by atoms with Crippen LogP contribution in [0.4, 0.5) is 14.5 Å². The normalized spacial score (nSPS) is 9.90. The van der Waals surface area contributed by atoms with E-state index in [0.717, 1.165) is 0 Å². The van der Waals surface area contributed by atoms with E-state index in [9.17, 15) is 8.78 Å². The van der Waals surface area contributed by atoms with Crippen molar-refractivity contribution in [2.24, 2.45) is 0 Å². The van der Waals surface area contributed by atoms with Gasteiger partial charge in [0.15, 0.2) is 0 Å². The number of anilines is 1. The summed E-state index contributed by atoms with van der Waals surface area (Å²) >= 11 is 0. The van der Waals surface area contributed by atoms with E-state index in [1.54, 1.807) is 6.07 Å². The smallest absolute Gasteiger partial charge is 0.313 e. The lowest BCUT2D eigenvalue weighted by Crippen LogP contribution is -2.06. The zero-order valence-electron chi connectivity index (χ0n) is 5.01. The van der Waals surface area contributed by atoms with Crippen molar-refractivity contribution >= 4 is 5.69 Å². The van der Waals surface area contributed by atoms with E-state index in [1.807, 2.05) is 5.32 Å². The van der Waals surface area contributed by atoms with Gasteiger partial charge in [-0.3, -0.25) is 4.98 Å². The first-order chi connectivity index (χ1) is 4.79. The molecule has 1 heterocycles. The molecule has 0 aromatic carbocycles. The molecule has 0 saturated heterocycles. The predicted molar refractivity (Wildman–Crippen MR) is 32.7 cm³/mol. The van der Waals surface area contributed by atoms with Gasteiger partial charge in [0, 0.05) is 6.20 Å². The number of nitrogens with one attached hydrogen (secondary N) is 1. The van der Waals surface area contributed by atoms with Crippen molar-refractivity contribution in [3.05, 3.63) is 24.5 Å². The molecule has 0 aliphatic carbocycles. The fourth-order valence-electron chi connectivity index (χ4n) is 0.524. The largest absolute Gasteiger partial charge is 0.328 e. The summed E-state index contributed by atoms with van der Waals surface area (Å²) in [5, 5.41) is 1.85. The Labute approximate surface area is 56.9 Å². The summed E-state index contributed by atoms with van der Waals surface area (Å²) in [5.74, 6) is 0. The van der Waals surface area contributed by atoms with Crippen LogP contribution in [0.5, 0.6) is 0 Å². The van der Waals surface area contributed by atoms with E-state index in [4.69, 9.17) is 0 Å². The number of halogens is 2. The number of pyridine rings is 1. The van der Waals surface area contributed by atoms with Crippen LogP contribution in [0.25, 0.3) is 0 Å². The summed E-state index contributed by atoms with van der Waals surface area (Å²) in [4.78, 5) is 3.52. The SMILES string of the molecule is FC(F)Nc1[c]nccc1. The van der Waals surface area contributed by atoms with Crippen LogP contribution >= 0.6 is 0 Å². The van der Waals surface area contributed by atoms with Crippen LogP contribution in [0.3, 0.4) is 0 Å². The number of nitrogens with zero attached hydrogens (tertiary/aromatic N) is 1. The lowest BCUT2D eigenvalue weighted by molar-refractivity contribution is 0.181. The average molecular weight is 143 g/mol. The summed E-state index contributed by atoms with van der Waals surface area (Å²) in [6.07, 6.45) is 3.83. The molecule has 1 aromatic rings. The Balaban J connectivity index is 2.59. The summed E-state index contributed by atoms with van der Waals surface area (Å²) in [6.45, 7) is -2.56. The maximum absolute atomic E-state index is 11.6. The third kappa shape index (κ3) is 1.97. The van der Waals surface area contributed by atoms with Gasteiger partial charge in [-0.25, -0.2) is 0 Å². The molecule has 10 heavy (non-hydrogen) atoms. The molecule has 0 spiro atoms. The Kier molecular flexibility index (Phi) is 2.15. The van der Waals surface area contributed by atoms with Crippen LogP contribution in [0, 0.1) is 6.20 Å². The first-order valence-corrected chi connectivity index (χ1v) is 2.66. The van der Waals surface area contributed by atoms with E-state index in [-0.39, 0.29) is 5.69 Å². The molecule has 0 fully saturated rings. The number of alkyl halides is 2. The Bertz CT molecular complexity index is 188. The molecule has 2 nitrogen and oxygen atoms in total. The highest BCUT2D eigenvalue weighted by Crippen LogP contribution is 2.04. The molecule has 0 unspecified atom stereocenters. The molecule has 1 rings (SSSR count). The molecule has 53 valence electrons. The molecule has 0 saturated carbocycles. The van der Waals surface area contributed by atoms with Gasteiger partial charge in [-0.2, -0.15) is 8.78 Å². The van der Waals surface area contributed by atoms with E-state index < -0.39 is 6.55 Å². The zero-order chi connectivity index (χ0) is 7.40. The van der Waals surface area contributed by atoms with Crippen molar-refractivity contribution in [3.8, 4) is 0 Å². The van der Waals surface area contributed by atoms with Gasteiger partial charge >= 0.3 is 6.55 Å². The van der Waals surface area contributed by atoms with Gasteiger partial charge in [-0.1, -0.05) is 0 Å². The van der Waals surface area contributed by atoms with E-state index >= 15 is 0 Å². The second-order valence-electron chi connectivity index (χ2n) is 1.61. The molecule has 0 aliphatic rings. The summed E-state index contributed by atoms with van der Waals surface area (Å²) < 4.78 is 23.1. The molecule has 0 aliphatic heterocycles. The van der Waals surface area contributed by atoms with Crippen molar-refractivity contribution < 1.29 is 8.78 Å². The maximum Gasteiger partial charge on any atom is 0.313 e. The van der Waals surface area contributed by atoms with Gasteiger partial charge in [-0.15, -0.1) is 0 Å². The molecule has 0 amide bonds. The topological polar surface area (TPSA) is 24.9 Å². The minimum atomic E-state index is -2.56. The first kappa shape index (κ1) is 6.92. The summed E-state index contributed by atoms with van der Waals surface area (Å²) in [7, 11) is 0. The lowest BCUT2D eigenvalue weighted by Gasteiger charge is -2.00. The number of hydrogen-bond donors (Lipinski definition) is 1. The van der Waals surface area contributed by atoms with E-state index in [2.05, 4.69) is 11.2 Å². The van der Waals surface area contributed by atoms with E-state index in [0.29, 0.717) is 0 Å². The zero-order valence-corrected chi connectivity index (χ0v) is 5.01. The molecule has 1 N–H and O–H groups in total. The standard InChI is InChI=1S/C6H5F2N2/c7-6(8)10-5-2-1-3-9-4-5/h1-3,6,10H. The van der Waals surface area contributed by atoms with Gasteiger partial charge in [0.1, 0.15) is 6.20 Å². The van der Waals surface area contributed by atoms with Crippen molar-refractivity contribution in [2.45, 2.75) is 6.55 Å². The van der Waals surface area contributed by atoms with Crippen molar-refractivity contribution in [1.29, 1.82) is 0 Å². The Morgan fingerprint density at radius 3 is 2.90 bits per heavy atom. The van der Waals surface area contributed by atoms with Gasteiger partial charge in [-0.05, 0) is 12.1 Å². The lowest BCUT2D eigenvalue weighted by atomic mass is 10.4. The van der Waals surface area contributed by atoms with Gasteiger partial charge in [0.25, 0.3) is 0 Å². The fraction of sp³-hybridized carbons (Fsp3) is 0.167. The van der Waals surface area contributed by atoms with Gasteiger partial charge in [0.2, 0.25) is 0 Å². The average Bonchev–Trinajstić information content (AvgIpc) is 1.88. The molecule has 0 bridgehead atoms. The summed E-state index contributed by atoms with van der Waals surface area (Å²) in [5.41, 5.74) is 0.206. The molecule has 1 aromatic heterocycles. The predicted octanol–water partition coefficient (Wildman–Crippen LogP) is 1.52. The van der Waals surface area contributed by atoms with Crippen molar-refractivity contribution in [3.63, 3.8) is 0 Å². The van der Waals surface area contributed by atoms with Crippen molar-refractivity contribution in [1.82, 2.24) is 4.98 Å². The second-order valence-corrected chi connectivity index (χ2v) is 1.61. The van der Waals surface area contributed by atoms with Crippen LogP contribution in [0.1, 0.15) is 0 Å². The fourth-order valence-corrected chi connectivity index (χ4v) is 0.524. The van der Waals surface area contributed by atoms with Crippen LogP contribution in [0.15, 0.2) is 18.3 Å². The highest BCUT2D eigenvalue weighted by atomic mass is 19.3. The quantitative estimate of drug-likeness (QED) is 0.635. The van der Waals surface area contributed by atoms with Crippen molar-refractivity contribution in [2.75, 3.05) is 5.32 Å². The third-order valence-electron chi connectivity index (χ3n) is 0.873. The number of aromatic nitrogens is 1. The Morgan fingerprint density at radius 1 is 1.60 bits per heavy atom. The molecular formula is C6H5F2N2. The highest BCUT2D eigenvalue weighted by Gasteiger charge is 1.99. The van der Waals surface area contributed by atoms with Crippen LogP contribution < -0.4 is 5.32 Å². The van der Waals surface area contributed by atoms with E-state index in [1.165, 1.54) is 12.3 Å². The minimum Gasteiger partial charge on any atom is -0.328 e. The van der Waals surface area contributed by atoms with Gasteiger partial charge < -0.3 is 5.32 Å². The molecular weight excluding hydrogens is 138 g/mol.